The van der Waals surface area contributed by atoms with Crippen LogP contribution < -0.4 is 10.1 Å². The predicted molar refractivity (Wildman–Crippen MR) is 112 cm³/mol. The summed E-state index contributed by atoms with van der Waals surface area (Å²) in [6.45, 7) is 6.42. The molecule has 1 atom stereocenters. The van der Waals surface area contributed by atoms with E-state index in [4.69, 9.17) is 9.47 Å². The number of rotatable bonds is 8. The minimum absolute atomic E-state index is 0.00827. The average molecular weight is 400 g/mol. The summed E-state index contributed by atoms with van der Waals surface area (Å²) in [5.74, 6) is 0.345. The maximum absolute atomic E-state index is 13.4. The van der Waals surface area contributed by atoms with Crippen LogP contribution in [0.3, 0.4) is 0 Å². The second-order valence-corrected chi connectivity index (χ2v) is 7.80. The molecule has 1 fully saturated rings. The molecule has 2 aromatic carbocycles. The molecule has 5 heteroatoms. The number of carbonyl (C=O) groups is 1. The van der Waals surface area contributed by atoms with Crippen molar-refractivity contribution in [1.82, 2.24) is 5.32 Å². The van der Waals surface area contributed by atoms with Crippen LogP contribution in [0.1, 0.15) is 37.8 Å². The third-order valence-corrected chi connectivity index (χ3v) is 5.71. The summed E-state index contributed by atoms with van der Waals surface area (Å²) < 4.78 is 24.5. The zero-order valence-electron chi connectivity index (χ0n) is 17.2. The van der Waals surface area contributed by atoms with Gasteiger partial charge in [-0.05, 0) is 61.6 Å². The highest BCUT2D eigenvalue weighted by atomic mass is 19.1. The van der Waals surface area contributed by atoms with Crippen LogP contribution in [-0.2, 0) is 21.4 Å². The molecule has 1 aliphatic heterocycles. The smallest absolute Gasteiger partial charge is 0.223 e. The molecule has 1 aliphatic rings. The third-order valence-electron chi connectivity index (χ3n) is 5.71. The number of halogens is 1. The van der Waals surface area contributed by atoms with Gasteiger partial charge in [-0.2, -0.15) is 0 Å². The van der Waals surface area contributed by atoms with Crippen molar-refractivity contribution in [2.75, 3.05) is 26.4 Å². The van der Waals surface area contributed by atoms with Gasteiger partial charge in [-0.15, -0.1) is 0 Å². The molecule has 2 aromatic rings. The van der Waals surface area contributed by atoms with Crippen molar-refractivity contribution in [2.24, 2.45) is 5.92 Å². The second kappa shape index (κ2) is 9.88. The van der Waals surface area contributed by atoms with E-state index in [2.05, 4.69) is 17.4 Å². The highest BCUT2D eigenvalue weighted by molar-refractivity contribution is 5.78. The zero-order chi connectivity index (χ0) is 20.7. The van der Waals surface area contributed by atoms with Gasteiger partial charge in [0.05, 0.1) is 6.61 Å². The molecule has 0 aliphatic carbocycles. The van der Waals surface area contributed by atoms with Crippen LogP contribution in [0.25, 0.3) is 0 Å². The Balaban J connectivity index is 1.66. The summed E-state index contributed by atoms with van der Waals surface area (Å²) >= 11 is 0. The van der Waals surface area contributed by atoms with Crippen LogP contribution >= 0.6 is 0 Å². The van der Waals surface area contributed by atoms with Crippen molar-refractivity contribution in [3.63, 3.8) is 0 Å². The molecule has 0 radical (unpaired) electrons. The fourth-order valence-electron chi connectivity index (χ4n) is 3.94. The van der Waals surface area contributed by atoms with E-state index in [9.17, 15) is 9.18 Å². The van der Waals surface area contributed by atoms with Crippen molar-refractivity contribution in [3.8, 4) is 5.75 Å². The number of nitrogens with one attached hydrogen (secondary N) is 1. The van der Waals surface area contributed by atoms with E-state index in [1.165, 1.54) is 17.7 Å². The first-order valence-corrected chi connectivity index (χ1v) is 10.4. The molecule has 0 aromatic heterocycles. The first-order chi connectivity index (χ1) is 14.0. The highest BCUT2D eigenvalue weighted by Gasteiger charge is 2.35. The topological polar surface area (TPSA) is 47.6 Å². The first-order valence-electron chi connectivity index (χ1n) is 10.4. The fourth-order valence-corrected chi connectivity index (χ4v) is 3.94. The number of carbonyl (C=O) groups excluding carboxylic acids is 1. The normalized spacial score (nSPS) is 16.8. The van der Waals surface area contributed by atoms with E-state index in [0.717, 1.165) is 24.2 Å². The van der Waals surface area contributed by atoms with Crippen molar-refractivity contribution in [3.05, 3.63) is 65.5 Å². The van der Waals surface area contributed by atoms with E-state index < -0.39 is 0 Å². The van der Waals surface area contributed by atoms with Crippen LogP contribution in [0.4, 0.5) is 4.39 Å². The molecule has 29 heavy (non-hydrogen) atoms. The molecular weight excluding hydrogens is 369 g/mol. The fraction of sp³-hybridized carbons (Fsp3) is 0.458. The van der Waals surface area contributed by atoms with E-state index in [-0.39, 0.29) is 23.1 Å². The minimum atomic E-state index is -0.272. The Morgan fingerprint density at radius 2 is 1.93 bits per heavy atom. The van der Waals surface area contributed by atoms with Crippen LogP contribution in [0, 0.1) is 11.7 Å². The van der Waals surface area contributed by atoms with Crippen LogP contribution in [0.2, 0.25) is 0 Å². The molecule has 156 valence electrons. The molecule has 4 nitrogen and oxygen atoms in total. The zero-order valence-corrected chi connectivity index (χ0v) is 17.2. The van der Waals surface area contributed by atoms with Gasteiger partial charge >= 0.3 is 0 Å². The van der Waals surface area contributed by atoms with Gasteiger partial charge in [0.1, 0.15) is 11.6 Å². The Labute approximate surface area is 172 Å². The Morgan fingerprint density at radius 1 is 1.21 bits per heavy atom. The molecule has 1 saturated heterocycles. The first kappa shape index (κ1) is 21.3. The highest BCUT2D eigenvalue weighted by Crippen LogP contribution is 2.35. The van der Waals surface area contributed by atoms with Crippen LogP contribution in [-0.4, -0.2) is 32.3 Å². The summed E-state index contributed by atoms with van der Waals surface area (Å²) in [4.78, 5) is 12.7. The standard InChI is InChI=1S/C24H30FNO3/c1-3-29-22-9-7-20(8-10-22)24(11-13-28-14-12-24)17-26-23(27)18(2)15-19-5-4-6-21(25)16-19/h4-10,16,18H,3,11-15,17H2,1-2H3,(H,26,27). The lowest BCUT2D eigenvalue weighted by molar-refractivity contribution is -0.125. The Morgan fingerprint density at radius 3 is 2.59 bits per heavy atom. The molecule has 0 spiro atoms. The van der Waals surface area contributed by atoms with Gasteiger partial charge in [-0.1, -0.05) is 31.2 Å². The largest absolute Gasteiger partial charge is 0.494 e. The molecular formula is C24H30FNO3. The molecule has 3 rings (SSSR count). The third kappa shape index (κ3) is 5.57. The number of ether oxygens (including phenoxy) is 2. The molecule has 0 bridgehead atoms. The van der Waals surface area contributed by atoms with Crippen molar-refractivity contribution >= 4 is 5.91 Å². The van der Waals surface area contributed by atoms with Gasteiger partial charge < -0.3 is 14.8 Å². The number of hydrogen-bond acceptors (Lipinski definition) is 3. The summed E-state index contributed by atoms with van der Waals surface area (Å²) in [5.41, 5.74) is 1.89. The lowest BCUT2D eigenvalue weighted by atomic mass is 9.74. The Kier molecular flexibility index (Phi) is 7.26. The lowest BCUT2D eigenvalue weighted by Gasteiger charge is -2.38. The van der Waals surface area contributed by atoms with Crippen LogP contribution in [0.15, 0.2) is 48.5 Å². The van der Waals surface area contributed by atoms with Gasteiger partial charge in [0.15, 0.2) is 0 Å². The maximum atomic E-state index is 13.4. The van der Waals surface area contributed by atoms with Crippen molar-refractivity contribution in [1.29, 1.82) is 0 Å². The van der Waals surface area contributed by atoms with E-state index in [1.54, 1.807) is 6.07 Å². The molecule has 1 amide bonds. The van der Waals surface area contributed by atoms with Gasteiger partial charge in [0.25, 0.3) is 0 Å². The summed E-state index contributed by atoms with van der Waals surface area (Å²) in [5, 5.41) is 3.15. The van der Waals surface area contributed by atoms with Crippen molar-refractivity contribution < 1.29 is 18.7 Å². The molecule has 1 unspecified atom stereocenters. The summed E-state index contributed by atoms with van der Waals surface area (Å²) in [6.07, 6.45) is 2.24. The van der Waals surface area contributed by atoms with Gasteiger partial charge in [-0.3, -0.25) is 4.79 Å². The van der Waals surface area contributed by atoms with Gasteiger partial charge in [-0.25, -0.2) is 4.39 Å². The molecule has 0 saturated carbocycles. The maximum Gasteiger partial charge on any atom is 0.223 e. The number of hydrogen-bond donors (Lipinski definition) is 1. The average Bonchev–Trinajstić information content (AvgIpc) is 2.73. The molecule has 1 heterocycles. The molecule has 1 N–H and O–H groups in total. The lowest BCUT2D eigenvalue weighted by Crippen LogP contribution is -2.46. The van der Waals surface area contributed by atoms with Gasteiger partial charge in [0, 0.05) is 31.1 Å². The van der Waals surface area contributed by atoms with Crippen molar-refractivity contribution in [2.45, 2.75) is 38.5 Å². The number of benzene rings is 2. The van der Waals surface area contributed by atoms with E-state index >= 15 is 0 Å². The van der Waals surface area contributed by atoms with E-state index in [1.807, 2.05) is 32.0 Å². The minimum Gasteiger partial charge on any atom is -0.494 e. The van der Waals surface area contributed by atoms with Gasteiger partial charge in [0.2, 0.25) is 5.91 Å². The summed E-state index contributed by atoms with van der Waals surface area (Å²) in [7, 11) is 0. The quantitative estimate of drug-likeness (QED) is 0.721. The van der Waals surface area contributed by atoms with E-state index in [0.29, 0.717) is 32.8 Å². The van der Waals surface area contributed by atoms with Crippen LogP contribution in [0.5, 0.6) is 5.75 Å². The SMILES string of the molecule is CCOc1ccc(C2(CNC(=O)C(C)Cc3cccc(F)c3)CCOCC2)cc1. The Bertz CT molecular complexity index is 800. The predicted octanol–water partition coefficient (Wildman–Crippen LogP) is 4.27. The Hall–Kier alpha value is -2.40. The number of amides is 1. The summed E-state index contributed by atoms with van der Waals surface area (Å²) in [6, 6.07) is 14.6. The second-order valence-electron chi connectivity index (χ2n) is 7.80. The monoisotopic (exact) mass is 399 g/mol.